The number of hydrogen-bond donors (Lipinski definition) is 1. The van der Waals surface area contributed by atoms with Gasteiger partial charge in [-0.15, -0.1) is 0 Å². The minimum Gasteiger partial charge on any atom is -0.374 e. The smallest absolute Gasteiger partial charge is 0.128 e. The highest BCUT2D eigenvalue weighted by molar-refractivity contribution is 9.10. The summed E-state index contributed by atoms with van der Waals surface area (Å²) in [5, 5.41) is 3.37. The Morgan fingerprint density at radius 3 is 3.05 bits per heavy atom. The standard InChI is InChI=1S/C15H22BrFN2O/c1-3-6-18-10-14-15(19(2)7-8-20-14)12-9-11(16)4-5-13(12)17/h4-5,9,14-15,18H,3,6-8,10H2,1-2H3. The van der Waals surface area contributed by atoms with Gasteiger partial charge in [-0.25, -0.2) is 4.39 Å². The van der Waals surface area contributed by atoms with Crippen LogP contribution >= 0.6 is 15.9 Å². The van der Waals surface area contributed by atoms with Crippen molar-refractivity contribution in [2.75, 3.05) is 33.3 Å². The van der Waals surface area contributed by atoms with Gasteiger partial charge in [0.15, 0.2) is 0 Å². The Morgan fingerprint density at radius 1 is 1.50 bits per heavy atom. The van der Waals surface area contributed by atoms with Crippen LogP contribution in [0.1, 0.15) is 24.9 Å². The third kappa shape index (κ3) is 3.79. The molecule has 1 saturated heterocycles. The number of nitrogens with zero attached hydrogens (tertiary/aromatic N) is 1. The van der Waals surface area contributed by atoms with Crippen LogP contribution in [-0.4, -0.2) is 44.3 Å². The molecule has 0 radical (unpaired) electrons. The van der Waals surface area contributed by atoms with Gasteiger partial charge in [0.2, 0.25) is 0 Å². The quantitative estimate of drug-likeness (QED) is 0.831. The molecule has 1 N–H and O–H groups in total. The van der Waals surface area contributed by atoms with Crippen molar-refractivity contribution in [1.82, 2.24) is 10.2 Å². The van der Waals surface area contributed by atoms with Gasteiger partial charge in [-0.2, -0.15) is 0 Å². The molecular formula is C15H22BrFN2O. The molecule has 20 heavy (non-hydrogen) atoms. The molecule has 1 heterocycles. The van der Waals surface area contributed by atoms with Crippen molar-refractivity contribution in [1.29, 1.82) is 0 Å². The molecule has 1 aromatic carbocycles. The zero-order chi connectivity index (χ0) is 14.5. The zero-order valence-corrected chi connectivity index (χ0v) is 13.6. The summed E-state index contributed by atoms with van der Waals surface area (Å²) in [4.78, 5) is 2.17. The highest BCUT2D eigenvalue weighted by atomic mass is 79.9. The van der Waals surface area contributed by atoms with Crippen molar-refractivity contribution < 1.29 is 9.13 Å². The Kier molecular flexibility index (Phi) is 5.96. The van der Waals surface area contributed by atoms with Crippen LogP contribution in [-0.2, 0) is 4.74 Å². The Balaban J connectivity index is 2.20. The Hall–Kier alpha value is -0.490. The highest BCUT2D eigenvalue weighted by Crippen LogP contribution is 2.31. The molecule has 0 aliphatic carbocycles. The van der Waals surface area contributed by atoms with E-state index < -0.39 is 0 Å². The zero-order valence-electron chi connectivity index (χ0n) is 12.0. The fourth-order valence-electron chi connectivity index (χ4n) is 2.63. The molecule has 0 bridgehead atoms. The molecule has 2 atom stereocenters. The fraction of sp³-hybridized carbons (Fsp3) is 0.600. The van der Waals surface area contributed by atoms with E-state index in [1.807, 2.05) is 13.1 Å². The Bertz CT molecular complexity index is 444. The molecule has 0 saturated carbocycles. The van der Waals surface area contributed by atoms with Gasteiger partial charge >= 0.3 is 0 Å². The normalized spacial score (nSPS) is 24.0. The van der Waals surface area contributed by atoms with Crippen LogP contribution in [0.2, 0.25) is 0 Å². The maximum atomic E-state index is 14.2. The van der Waals surface area contributed by atoms with Crippen molar-refractivity contribution in [2.45, 2.75) is 25.5 Å². The number of likely N-dealkylation sites (N-methyl/N-ethyl adjacent to an activating group) is 1. The highest BCUT2D eigenvalue weighted by Gasteiger charge is 2.33. The van der Waals surface area contributed by atoms with Crippen LogP contribution in [0.3, 0.4) is 0 Å². The van der Waals surface area contributed by atoms with Gasteiger partial charge in [0, 0.05) is 23.1 Å². The van der Waals surface area contributed by atoms with Crippen LogP contribution in [0.15, 0.2) is 22.7 Å². The van der Waals surface area contributed by atoms with Crippen LogP contribution < -0.4 is 5.32 Å². The lowest BCUT2D eigenvalue weighted by molar-refractivity contribution is -0.0623. The van der Waals surface area contributed by atoms with Crippen molar-refractivity contribution >= 4 is 15.9 Å². The van der Waals surface area contributed by atoms with E-state index >= 15 is 0 Å². The SMILES string of the molecule is CCCNCC1OCCN(C)C1c1cc(Br)ccc1F. The third-order valence-corrected chi connectivity index (χ3v) is 4.15. The van der Waals surface area contributed by atoms with Gasteiger partial charge < -0.3 is 10.1 Å². The molecule has 0 aromatic heterocycles. The number of nitrogens with one attached hydrogen (secondary N) is 1. The van der Waals surface area contributed by atoms with E-state index in [9.17, 15) is 4.39 Å². The maximum absolute atomic E-state index is 14.2. The number of rotatable bonds is 5. The summed E-state index contributed by atoms with van der Waals surface area (Å²) in [6, 6.07) is 5.05. The lowest BCUT2D eigenvalue weighted by Crippen LogP contribution is -2.47. The van der Waals surface area contributed by atoms with Crippen LogP contribution in [0.5, 0.6) is 0 Å². The van der Waals surface area contributed by atoms with Crippen LogP contribution in [0.4, 0.5) is 4.39 Å². The topological polar surface area (TPSA) is 24.5 Å². The minimum atomic E-state index is -0.170. The summed E-state index contributed by atoms with van der Waals surface area (Å²) in [7, 11) is 2.03. The first-order valence-electron chi connectivity index (χ1n) is 7.11. The molecule has 1 aromatic rings. The average Bonchev–Trinajstić information content (AvgIpc) is 2.42. The number of ether oxygens (including phenoxy) is 1. The largest absolute Gasteiger partial charge is 0.374 e. The van der Waals surface area contributed by atoms with E-state index in [2.05, 4.69) is 33.1 Å². The molecule has 3 nitrogen and oxygen atoms in total. The third-order valence-electron chi connectivity index (χ3n) is 3.65. The number of halogens is 2. The summed E-state index contributed by atoms with van der Waals surface area (Å²) in [5.74, 6) is -0.170. The Morgan fingerprint density at radius 2 is 2.30 bits per heavy atom. The molecular weight excluding hydrogens is 323 g/mol. The van der Waals surface area contributed by atoms with Crippen LogP contribution in [0.25, 0.3) is 0 Å². The molecule has 1 fully saturated rings. The second-order valence-electron chi connectivity index (χ2n) is 5.20. The molecule has 2 unspecified atom stereocenters. The van der Waals surface area contributed by atoms with E-state index in [4.69, 9.17) is 4.74 Å². The van der Waals surface area contributed by atoms with Gasteiger partial charge in [0.05, 0.1) is 18.8 Å². The lowest BCUT2D eigenvalue weighted by Gasteiger charge is -2.39. The predicted octanol–water partition coefficient (Wildman–Crippen LogP) is 2.96. The number of morpholine rings is 1. The molecule has 5 heteroatoms. The van der Waals surface area contributed by atoms with Gasteiger partial charge in [-0.3, -0.25) is 4.90 Å². The first-order chi connectivity index (χ1) is 9.63. The van der Waals surface area contributed by atoms with Gasteiger partial charge in [0.25, 0.3) is 0 Å². The summed E-state index contributed by atoms with van der Waals surface area (Å²) in [5.41, 5.74) is 0.699. The molecule has 1 aliphatic rings. The summed E-state index contributed by atoms with van der Waals surface area (Å²) < 4.78 is 20.9. The molecule has 1 aliphatic heterocycles. The van der Waals surface area contributed by atoms with Gasteiger partial charge in [0.1, 0.15) is 5.82 Å². The first kappa shape index (κ1) is 15.9. The van der Waals surface area contributed by atoms with Gasteiger partial charge in [-0.05, 0) is 38.2 Å². The van der Waals surface area contributed by atoms with Crippen molar-refractivity contribution in [3.63, 3.8) is 0 Å². The molecule has 112 valence electrons. The van der Waals surface area contributed by atoms with E-state index in [0.29, 0.717) is 12.2 Å². The molecule has 0 amide bonds. The monoisotopic (exact) mass is 344 g/mol. The van der Waals surface area contributed by atoms with Crippen molar-refractivity contribution in [2.24, 2.45) is 0 Å². The average molecular weight is 345 g/mol. The fourth-order valence-corrected chi connectivity index (χ4v) is 3.01. The van der Waals surface area contributed by atoms with E-state index in [1.165, 1.54) is 6.07 Å². The van der Waals surface area contributed by atoms with E-state index in [1.54, 1.807) is 6.07 Å². The van der Waals surface area contributed by atoms with Crippen molar-refractivity contribution in [3.8, 4) is 0 Å². The second kappa shape index (κ2) is 7.50. The van der Waals surface area contributed by atoms with E-state index in [-0.39, 0.29) is 18.0 Å². The summed E-state index contributed by atoms with van der Waals surface area (Å²) >= 11 is 3.43. The predicted molar refractivity (Wildman–Crippen MR) is 82.4 cm³/mol. The lowest BCUT2D eigenvalue weighted by atomic mass is 9.97. The molecule has 2 rings (SSSR count). The van der Waals surface area contributed by atoms with E-state index in [0.717, 1.165) is 30.5 Å². The second-order valence-corrected chi connectivity index (χ2v) is 6.12. The molecule has 0 spiro atoms. The maximum Gasteiger partial charge on any atom is 0.128 e. The Labute approximate surface area is 128 Å². The first-order valence-corrected chi connectivity index (χ1v) is 7.90. The number of benzene rings is 1. The summed E-state index contributed by atoms with van der Waals surface area (Å²) in [6.07, 6.45) is 1.06. The van der Waals surface area contributed by atoms with Crippen LogP contribution in [0, 0.1) is 5.82 Å². The minimum absolute atomic E-state index is 0.0240. The number of hydrogen-bond acceptors (Lipinski definition) is 3. The van der Waals surface area contributed by atoms with Gasteiger partial charge in [-0.1, -0.05) is 22.9 Å². The van der Waals surface area contributed by atoms with Crippen molar-refractivity contribution in [3.05, 3.63) is 34.1 Å². The summed E-state index contributed by atoms with van der Waals surface area (Å²) in [6.45, 7) is 5.35.